The summed E-state index contributed by atoms with van der Waals surface area (Å²) < 4.78 is 0. The van der Waals surface area contributed by atoms with Crippen LogP contribution in [0.5, 0.6) is 0 Å². The quantitative estimate of drug-likeness (QED) is 0.156. The molecule has 0 spiro atoms. The first-order valence-electron chi connectivity index (χ1n) is 18.7. The monoisotopic (exact) mass is 694 g/mol. The van der Waals surface area contributed by atoms with Crippen molar-refractivity contribution in [2.45, 2.75) is 19.3 Å². The Morgan fingerprint density at radius 1 is 0.333 bits per heavy atom. The lowest BCUT2D eigenvalue weighted by molar-refractivity contribution is 0.660. The summed E-state index contributed by atoms with van der Waals surface area (Å²) in [6.45, 7) is 4.68. The lowest BCUT2D eigenvalue weighted by atomic mass is 9.82. The smallest absolute Gasteiger partial charge is 0.0540 e. The van der Waals surface area contributed by atoms with Gasteiger partial charge in [-0.25, -0.2) is 0 Å². The number of hydrogen-bond donors (Lipinski definition) is 0. The summed E-state index contributed by atoms with van der Waals surface area (Å²) in [7, 11) is 2.18. The molecule has 0 saturated heterocycles. The van der Waals surface area contributed by atoms with Crippen LogP contribution in [0.25, 0.3) is 44.5 Å². The molecule has 9 rings (SSSR count). The van der Waals surface area contributed by atoms with E-state index in [0.717, 1.165) is 28.4 Å². The van der Waals surface area contributed by atoms with Crippen molar-refractivity contribution in [3.8, 4) is 44.5 Å². The molecule has 2 heteroatoms. The highest BCUT2D eigenvalue weighted by molar-refractivity contribution is 5.94. The molecule has 1 aliphatic rings. The molecule has 0 radical (unpaired) electrons. The maximum atomic E-state index is 2.41. The van der Waals surface area contributed by atoms with E-state index >= 15 is 0 Å². The fourth-order valence-corrected chi connectivity index (χ4v) is 8.25. The molecule has 0 bridgehead atoms. The zero-order valence-corrected chi connectivity index (χ0v) is 30.9. The van der Waals surface area contributed by atoms with E-state index in [0.29, 0.717) is 0 Å². The maximum absolute atomic E-state index is 2.41. The first kappa shape index (κ1) is 33.2. The zero-order valence-electron chi connectivity index (χ0n) is 30.9. The summed E-state index contributed by atoms with van der Waals surface area (Å²) in [6, 6.07) is 72.6. The van der Waals surface area contributed by atoms with Crippen molar-refractivity contribution in [3.63, 3.8) is 0 Å². The van der Waals surface area contributed by atoms with Crippen molar-refractivity contribution in [1.82, 2.24) is 0 Å². The Morgan fingerprint density at radius 2 is 0.852 bits per heavy atom. The SMILES string of the molecule is CN(c1ccccc1)c1cc(N(c2ccc(-c3ccccc3)cc2)c2ccccc2-c2ccccc2)ccc1-c1ccc2c(c1)-c1ccccc1C2(C)C. The average molecular weight is 695 g/mol. The summed E-state index contributed by atoms with van der Waals surface area (Å²) in [5, 5.41) is 0. The number of hydrogen-bond acceptors (Lipinski definition) is 2. The highest BCUT2D eigenvalue weighted by Crippen LogP contribution is 2.51. The van der Waals surface area contributed by atoms with Gasteiger partial charge < -0.3 is 9.80 Å². The Labute approximate surface area is 319 Å². The molecule has 0 N–H and O–H groups in total. The van der Waals surface area contributed by atoms with Gasteiger partial charge in [-0.2, -0.15) is 0 Å². The summed E-state index contributed by atoms with van der Waals surface area (Å²) in [5.41, 5.74) is 18.1. The molecule has 0 heterocycles. The average Bonchev–Trinajstić information content (AvgIpc) is 3.47. The molecule has 2 nitrogen and oxygen atoms in total. The van der Waals surface area contributed by atoms with Gasteiger partial charge in [-0.1, -0.05) is 166 Å². The topological polar surface area (TPSA) is 6.48 Å². The number of fused-ring (bicyclic) bond motifs is 3. The Balaban J connectivity index is 1.24. The fraction of sp³-hybridized carbons (Fsp3) is 0.0769. The summed E-state index contributed by atoms with van der Waals surface area (Å²) in [4.78, 5) is 4.73. The van der Waals surface area contributed by atoms with E-state index < -0.39 is 0 Å². The second kappa shape index (κ2) is 13.7. The van der Waals surface area contributed by atoms with Crippen LogP contribution >= 0.6 is 0 Å². The third-order valence-electron chi connectivity index (χ3n) is 11.1. The standard InChI is InChI=1S/C52H42N2/c1-52(2)48-25-15-13-24-46(48)47-35-40(29-34-49(47)52)45-33-32-43(36-51(45)53(3)41-21-11-6-12-22-41)54(42-30-27-38(28-31-42)37-17-7-4-8-18-37)50-26-16-14-23-44(50)39-19-9-5-10-20-39/h4-36H,1-3H3. The van der Waals surface area contributed by atoms with Gasteiger partial charge in [0.25, 0.3) is 0 Å². The molecule has 0 fully saturated rings. The molecule has 0 aliphatic heterocycles. The van der Waals surface area contributed by atoms with Crippen LogP contribution < -0.4 is 9.80 Å². The minimum Gasteiger partial charge on any atom is -0.344 e. The second-order valence-corrected chi connectivity index (χ2v) is 14.7. The zero-order chi connectivity index (χ0) is 36.6. The highest BCUT2D eigenvalue weighted by Gasteiger charge is 2.35. The molecule has 0 aromatic heterocycles. The van der Waals surface area contributed by atoms with Crippen molar-refractivity contribution >= 4 is 28.4 Å². The molecular formula is C52H42N2. The van der Waals surface area contributed by atoms with Crippen LogP contribution in [0.1, 0.15) is 25.0 Å². The van der Waals surface area contributed by atoms with Crippen LogP contribution in [0, 0.1) is 0 Å². The first-order valence-corrected chi connectivity index (χ1v) is 18.7. The minimum atomic E-state index is -0.0410. The number of benzene rings is 8. The van der Waals surface area contributed by atoms with Crippen molar-refractivity contribution < 1.29 is 0 Å². The number of nitrogens with zero attached hydrogens (tertiary/aromatic N) is 2. The molecule has 54 heavy (non-hydrogen) atoms. The van der Waals surface area contributed by atoms with Gasteiger partial charge in [-0.05, 0) is 93.0 Å². The Kier molecular flexibility index (Phi) is 8.44. The molecule has 0 amide bonds. The predicted molar refractivity (Wildman–Crippen MR) is 230 cm³/mol. The maximum Gasteiger partial charge on any atom is 0.0540 e. The van der Waals surface area contributed by atoms with Gasteiger partial charge in [0.05, 0.1) is 11.4 Å². The Morgan fingerprint density at radius 3 is 1.57 bits per heavy atom. The van der Waals surface area contributed by atoms with Gasteiger partial charge in [-0.3, -0.25) is 0 Å². The van der Waals surface area contributed by atoms with Gasteiger partial charge in [0.1, 0.15) is 0 Å². The molecule has 260 valence electrons. The van der Waals surface area contributed by atoms with Crippen LogP contribution in [0.2, 0.25) is 0 Å². The van der Waals surface area contributed by atoms with Gasteiger partial charge >= 0.3 is 0 Å². The largest absolute Gasteiger partial charge is 0.344 e. The van der Waals surface area contributed by atoms with Crippen LogP contribution in [0.3, 0.4) is 0 Å². The molecule has 8 aromatic rings. The van der Waals surface area contributed by atoms with E-state index in [1.165, 1.54) is 55.6 Å². The van der Waals surface area contributed by atoms with Gasteiger partial charge in [0.2, 0.25) is 0 Å². The van der Waals surface area contributed by atoms with Crippen LogP contribution in [0.15, 0.2) is 200 Å². The van der Waals surface area contributed by atoms with Gasteiger partial charge in [0, 0.05) is 40.7 Å². The number of para-hydroxylation sites is 2. The fourth-order valence-electron chi connectivity index (χ4n) is 8.25. The molecule has 1 aliphatic carbocycles. The second-order valence-electron chi connectivity index (χ2n) is 14.7. The summed E-state index contributed by atoms with van der Waals surface area (Å²) in [6.07, 6.45) is 0. The molecule has 0 atom stereocenters. The summed E-state index contributed by atoms with van der Waals surface area (Å²) in [5.74, 6) is 0. The molecular weight excluding hydrogens is 653 g/mol. The predicted octanol–water partition coefficient (Wildman–Crippen LogP) is 14.2. The van der Waals surface area contributed by atoms with E-state index in [1.807, 2.05) is 0 Å². The van der Waals surface area contributed by atoms with E-state index in [4.69, 9.17) is 0 Å². The first-order chi connectivity index (χ1) is 26.5. The van der Waals surface area contributed by atoms with Gasteiger partial charge in [0.15, 0.2) is 0 Å². The number of anilines is 5. The Hall–Kier alpha value is -6.64. The number of rotatable bonds is 8. The molecule has 0 unspecified atom stereocenters. The highest BCUT2D eigenvalue weighted by atomic mass is 15.2. The van der Waals surface area contributed by atoms with Gasteiger partial charge in [-0.15, -0.1) is 0 Å². The van der Waals surface area contributed by atoms with E-state index in [2.05, 4.69) is 231 Å². The molecule has 0 saturated carbocycles. The molecule has 8 aromatic carbocycles. The van der Waals surface area contributed by atoms with Crippen molar-refractivity contribution in [3.05, 3.63) is 211 Å². The van der Waals surface area contributed by atoms with Crippen molar-refractivity contribution in [2.24, 2.45) is 0 Å². The Bertz CT molecular complexity index is 2570. The minimum absolute atomic E-state index is 0.0410. The lowest BCUT2D eigenvalue weighted by Crippen LogP contribution is -2.15. The third-order valence-corrected chi connectivity index (χ3v) is 11.1. The van der Waals surface area contributed by atoms with Crippen LogP contribution in [-0.4, -0.2) is 7.05 Å². The lowest BCUT2D eigenvalue weighted by Gasteiger charge is -2.31. The van der Waals surface area contributed by atoms with E-state index in [-0.39, 0.29) is 5.41 Å². The van der Waals surface area contributed by atoms with E-state index in [9.17, 15) is 0 Å². The third kappa shape index (κ3) is 5.87. The van der Waals surface area contributed by atoms with Crippen molar-refractivity contribution in [1.29, 1.82) is 0 Å². The van der Waals surface area contributed by atoms with Crippen molar-refractivity contribution in [2.75, 3.05) is 16.8 Å². The van der Waals surface area contributed by atoms with Crippen LogP contribution in [0.4, 0.5) is 28.4 Å². The normalized spacial score (nSPS) is 12.5. The van der Waals surface area contributed by atoms with Crippen LogP contribution in [-0.2, 0) is 5.41 Å². The van der Waals surface area contributed by atoms with E-state index in [1.54, 1.807) is 0 Å². The summed E-state index contributed by atoms with van der Waals surface area (Å²) >= 11 is 0.